The number of ether oxygens (including phenoxy) is 3. The van der Waals surface area contributed by atoms with E-state index in [-0.39, 0.29) is 40.5 Å². The number of nitro groups is 1. The average Bonchev–Trinajstić information content (AvgIpc) is 3.65. The van der Waals surface area contributed by atoms with Crippen LogP contribution >= 0.6 is 27.5 Å². The molecule has 0 spiro atoms. The summed E-state index contributed by atoms with van der Waals surface area (Å²) in [6.45, 7) is 4.24. The van der Waals surface area contributed by atoms with Gasteiger partial charge in [0.2, 0.25) is 5.88 Å². The monoisotopic (exact) mass is 693 g/mol. The second-order valence-corrected chi connectivity index (χ2v) is 10.7. The summed E-state index contributed by atoms with van der Waals surface area (Å²) in [6.07, 6.45) is 2.42. The van der Waals surface area contributed by atoms with E-state index in [1.54, 1.807) is 12.1 Å². The minimum Gasteiger partial charge on any atom is -0.493 e. The van der Waals surface area contributed by atoms with Gasteiger partial charge in [0.15, 0.2) is 17.3 Å². The Morgan fingerprint density at radius 1 is 1.13 bits per heavy atom. The molecule has 3 heterocycles. The van der Waals surface area contributed by atoms with Crippen LogP contribution < -0.4 is 19.6 Å². The number of furan rings is 1. The van der Waals surface area contributed by atoms with E-state index in [1.807, 2.05) is 24.3 Å². The predicted octanol–water partition coefficient (Wildman–Crippen LogP) is 7.55. The van der Waals surface area contributed by atoms with E-state index in [1.165, 1.54) is 31.5 Å². The highest BCUT2D eigenvalue weighted by molar-refractivity contribution is 9.10. The topological polar surface area (TPSA) is 143 Å². The molecule has 0 unspecified atom stereocenters. The van der Waals surface area contributed by atoms with Crippen molar-refractivity contribution in [3.63, 3.8) is 0 Å². The molecule has 0 saturated carbocycles. The molecular formula is C31H25BrClN5O7. The van der Waals surface area contributed by atoms with Crippen molar-refractivity contribution >= 4 is 45.3 Å². The maximum Gasteiger partial charge on any atom is 0.307 e. The molecule has 5 aromatic rings. The molecule has 5 rings (SSSR count). The number of methoxy groups -OCH3 is 1. The number of hydrogen-bond acceptors (Lipinski definition) is 9. The second-order valence-electron chi connectivity index (χ2n) is 9.54. The van der Waals surface area contributed by atoms with Crippen LogP contribution in [0.3, 0.4) is 0 Å². The Hall–Kier alpha value is -5.14. The van der Waals surface area contributed by atoms with Crippen molar-refractivity contribution < 1.29 is 28.3 Å². The van der Waals surface area contributed by atoms with Gasteiger partial charge in [-0.05, 0) is 84.4 Å². The SMILES string of the molecule is COc1cc(/C=N/NC(=O)c2ccc(COc3ccc(-n4c(C)ccc4C)cc3)o2)c(Br)c(Cl)c1Oc1ccc([N+](=O)[O-])cn1. The highest BCUT2D eigenvalue weighted by Crippen LogP contribution is 2.44. The summed E-state index contributed by atoms with van der Waals surface area (Å²) < 4.78 is 25.1. The minimum absolute atomic E-state index is 0.0497. The zero-order valence-electron chi connectivity index (χ0n) is 24.1. The lowest BCUT2D eigenvalue weighted by Gasteiger charge is -2.14. The van der Waals surface area contributed by atoms with Crippen molar-refractivity contribution in [1.82, 2.24) is 15.0 Å². The number of rotatable bonds is 11. The van der Waals surface area contributed by atoms with Crippen LogP contribution in [0.15, 0.2) is 86.9 Å². The average molecular weight is 695 g/mol. The Bertz CT molecular complexity index is 1870. The molecule has 12 nitrogen and oxygen atoms in total. The molecular weight excluding hydrogens is 670 g/mol. The van der Waals surface area contributed by atoms with Crippen molar-refractivity contribution in [1.29, 1.82) is 0 Å². The number of amides is 1. The first-order valence-corrected chi connectivity index (χ1v) is 14.5. The van der Waals surface area contributed by atoms with Gasteiger partial charge in [0, 0.05) is 39.2 Å². The number of aromatic nitrogens is 2. The van der Waals surface area contributed by atoms with Crippen LogP contribution in [0.4, 0.5) is 5.69 Å². The van der Waals surface area contributed by atoms with E-state index in [2.05, 4.69) is 62.0 Å². The quantitative estimate of drug-likeness (QED) is 0.0848. The molecule has 45 heavy (non-hydrogen) atoms. The van der Waals surface area contributed by atoms with Crippen molar-refractivity contribution in [3.05, 3.63) is 121 Å². The number of hydrogen-bond donors (Lipinski definition) is 1. The lowest BCUT2D eigenvalue weighted by Crippen LogP contribution is -2.16. The van der Waals surface area contributed by atoms with Gasteiger partial charge in [0.1, 0.15) is 29.3 Å². The maximum atomic E-state index is 12.6. The normalized spacial score (nSPS) is 11.0. The Morgan fingerprint density at radius 2 is 1.87 bits per heavy atom. The molecule has 0 atom stereocenters. The number of halogens is 2. The molecule has 0 fully saturated rings. The third kappa shape index (κ3) is 7.16. The lowest BCUT2D eigenvalue weighted by atomic mass is 10.2. The summed E-state index contributed by atoms with van der Waals surface area (Å²) in [4.78, 5) is 26.9. The van der Waals surface area contributed by atoms with Crippen LogP contribution in [-0.4, -0.2) is 33.7 Å². The van der Waals surface area contributed by atoms with Gasteiger partial charge in [-0.3, -0.25) is 14.9 Å². The fourth-order valence-electron chi connectivity index (χ4n) is 4.31. The summed E-state index contributed by atoms with van der Waals surface area (Å²) in [6, 6.07) is 19.2. The molecule has 230 valence electrons. The van der Waals surface area contributed by atoms with Gasteiger partial charge in [-0.2, -0.15) is 5.10 Å². The standard InChI is InChI=1S/C31H25BrClN5O7/c1-18-4-5-19(2)37(18)21-6-9-23(10-7-21)43-17-24-11-12-25(44-24)31(39)36-35-15-20-14-26(42-3)30(29(33)28(20)32)45-27-13-8-22(16-34-27)38(40)41/h4-16H,17H2,1-3H3,(H,36,39)/b35-15+. The molecule has 0 bridgehead atoms. The molecule has 1 N–H and O–H groups in total. The highest BCUT2D eigenvalue weighted by Gasteiger charge is 2.19. The summed E-state index contributed by atoms with van der Waals surface area (Å²) in [5.74, 6) is 1.03. The second kappa shape index (κ2) is 13.7. The molecule has 1 amide bonds. The van der Waals surface area contributed by atoms with E-state index in [0.717, 1.165) is 23.3 Å². The lowest BCUT2D eigenvalue weighted by molar-refractivity contribution is -0.385. The fraction of sp³-hybridized carbons (Fsp3) is 0.129. The largest absolute Gasteiger partial charge is 0.493 e. The summed E-state index contributed by atoms with van der Waals surface area (Å²) >= 11 is 9.90. The van der Waals surface area contributed by atoms with Gasteiger partial charge in [-0.15, -0.1) is 0 Å². The van der Waals surface area contributed by atoms with Crippen molar-refractivity contribution in [2.24, 2.45) is 5.10 Å². The van der Waals surface area contributed by atoms with E-state index < -0.39 is 10.8 Å². The van der Waals surface area contributed by atoms with Gasteiger partial charge in [-0.25, -0.2) is 10.4 Å². The van der Waals surface area contributed by atoms with E-state index in [9.17, 15) is 14.9 Å². The molecule has 2 aromatic carbocycles. The predicted molar refractivity (Wildman–Crippen MR) is 170 cm³/mol. The van der Waals surface area contributed by atoms with Crippen molar-refractivity contribution in [3.8, 4) is 28.8 Å². The van der Waals surface area contributed by atoms with Gasteiger partial charge >= 0.3 is 5.91 Å². The summed E-state index contributed by atoms with van der Waals surface area (Å²) in [5, 5.41) is 15.0. The van der Waals surface area contributed by atoms with Crippen LogP contribution in [0.5, 0.6) is 23.1 Å². The number of nitrogens with one attached hydrogen (secondary N) is 1. The van der Waals surface area contributed by atoms with E-state index in [4.69, 9.17) is 30.2 Å². The Morgan fingerprint density at radius 3 is 2.51 bits per heavy atom. The molecule has 0 aliphatic heterocycles. The Kier molecular flexibility index (Phi) is 9.50. The zero-order valence-corrected chi connectivity index (χ0v) is 26.5. The molecule has 0 radical (unpaired) electrons. The molecule has 0 saturated heterocycles. The first-order chi connectivity index (χ1) is 21.6. The third-order valence-electron chi connectivity index (χ3n) is 6.52. The minimum atomic E-state index is -0.572. The van der Waals surface area contributed by atoms with Crippen LogP contribution in [0.2, 0.25) is 5.02 Å². The zero-order chi connectivity index (χ0) is 32.1. The first-order valence-electron chi connectivity index (χ1n) is 13.3. The van der Waals surface area contributed by atoms with Gasteiger partial charge in [-0.1, -0.05) is 11.6 Å². The number of aryl methyl sites for hydroxylation is 2. The molecule has 0 aliphatic carbocycles. The molecule has 14 heteroatoms. The summed E-state index contributed by atoms with van der Waals surface area (Å²) in [5.41, 5.74) is 6.01. The maximum absolute atomic E-state index is 12.6. The van der Waals surface area contributed by atoms with Gasteiger partial charge < -0.3 is 23.2 Å². The third-order valence-corrected chi connectivity index (χ3v) is 7.96. The van der Waals surface area contributed by atoms with Gasteiger partial charge in [0.25, 0.3) is 5.69 Å². The Labute approximate surface area is 270 Å². The molecule has 3 aromatic heterocycles. The van der Waals surface area contributed by atoms with E-state index >= 15 is 0 Å². The fourth-order valence-corrected chi connectivity index (χ4v) is 4.94. The van der Waals surface area contributed by atoms with Gasteiger partial charge in [0.05, 0.1) is 18.2 Å². The highest BCUT2D eigenvalue weighted by atomic mass is 79.9. The van der Waals surface area contributed by atoms with Crippen LogP contribution in [-0.2, 0) is 6.61 Å². The summed E-state index contributed by atoms with van der Waals surface area (Å²) in [7, 11) is 1.41. The first kappa shape index (κ1) is 31.3. The number of hydrazone groups is 1. The van der Waals surface area contributed by atoms with Crippen molar-refractivity contribution in [2.75, 3.05) is 7.11 Å². The number of nitrogens with zero attached hydrogens (tertiary/aromatic N) is 4. The van der Waals surface area contributed by atoms with Crippen molar-refractivity contribution in [2.45, 2.75) is 20.5 Å². The number of pyridine rings is 1. The number of carbonyl (C=O) groups excluding carboxylic acids is 1. The molecule has 0 aliphatic rings. The van der Waals surface area contributed by atoms with E-state index in [0.29, 0.717) is 21.5 Å². The smallest absolute Gasteiger partial charge is 0.307 e. The number of carbonyl (C=O) groups is 1. The van der Waals surface area contributed by atoms with Crippen LogP contribution in [0.1, 0.15) is 33.3 Å². The van der Waals surface area contributed by atoms with Crippen LogP contribution in [0, 0.1) is 24.0 Å². The van der Waals surface area contributed by atoms with Crippen LogP contribution in [0.25, 0.3) is 5.69 Å². The number of benzene rings is 2. The Balaban J connectivity index is 1.19.